The second-order valence-electron chi connectivity index (χ2n) is 9.93. The summed E-state index contributed by atoms with van der Waals surface area (Å²) in [4.78, 5) is 0. The second kappa shape index (κ2) is 8.16. The molecule has 2 heteroatoms. The Morgan fingerprint density at radius 1 is 1.07 bits per heavy atom. The molecule has 4 atom stereocenters. The fourth-order valence-electron chi connectivity index (χ4n) is 4.88. The number of ether oxygens (including phenoxy) is 1. The molecular formula is C26H35NO. The van der Waals surface area contributed by atoms with Crippen LogP contribution in [0.15, 0.2) is 54.3 Å². The first kappa shape index (κ1) is 20.7. The summed E-state index contributed by atoms with van der Waals surface area (Å²) in [6.07, 6.45) is 11.0. The summed E-state index contributed by atoms with van der Waals surface area (Å²) in [5.41, 5.74) is 1.09. The van der Waals surface area contributed by atoms with Gasteiger partial charge in [0.05, 0.1) is 17.2 Å². The summed E-state index contributed by atoms with van der Waals surface area (Å²) in [5, 5.41) is 9.52. The first-order valence-electron chi connectivity index (χ1n) is 10.7. The van der Waals surface area contributed by atoms with E-state index >= 15 is 0 Å². The molecule has 1 aromatic rings. The summed E-state index contributed by atoms with van der Waals surface area (Å²) >= 11 is 0. The van der Waals surface area contributed by atoms with Crippen molar-refractivity contribution in [2.75, 3.05) is 0 Å². The maximum absolute atomic E-state index is 9.52. The predicted molar refractivity (Wildman–Crippen MR) is 116 cm³/mol. The van der Waals surface area contributed by atoms with E-state index in [1.54, 1.807) is 0 Å². The second-order valence-corrected chi connectivity index (χ2v) is 9.93. The minimum Gasteiger partial charge on any atom is -0.494 e. The molecule has 0 radical (unpaired) electrons. The smallest absolute Gasteiger partial charge is 0.102 e. The van der Waals surface area contributed by atoms with E-state index in [4.69, 9.17) is 4.74 Å². The Labute approximate surface area is 171 Å². The predicted octanol–water partition coefficient (Wildman–Crippen LogP) is 6.80. The first-order chi connectivity index (χ1) is 13.2. The zero-order valence-corrected chi connectivity index (χ0v) is 18.1. The SMILES string of the molecule is C[C@@H]1CC[C@@H](C(C)(C)c2ccccc2)[C@H](OC2=CC=C[C@@H](C(C)(C)C#N)C2)C1. The van der Waals surface area contributed by atoms with Crippen molar-refractivity contribution in [1.29, 1.82) is 5.26 Å². The van der Waals surface area contributed by atoms with E-state index in [1.165, 1.54) is 18.4 Å². The maximum atomic E-state index is 9.52. The molecule has 0 heterocycles. The van der Waals surface area contributed by atoms with E-state index in [-0.39, 0.29) is 22.9 Å². The van der Waals surface area contributed by atoms with Crippen LogP contribution in [-0.4, -0.2) is 6.10 Å². The molecule has 0 aromatic heterocycles. The number of allylic oxidation sites excluding steroid dienone is 4. The third-order valence-corrected chi connectivity index (χ3v) is 7.06. The van der Waals surface area contributed by atoms with Gasteiger partial charge in [-0.1, -0.05) is 69.7 Å². The molecule has 2 nitrogen and oxygen atoms in total. The van der Waals surface area contributed by atoms with Crippen LogP contribution in [0.4, 0.5) is 0 Å². The quantitative estimate of drug-likeness (QED) is 0.565. The van der Waals surface area contributed by atoms with E-state index in [9.17, 15) is 5.26 Å². The van der Waals surface area contributed by atoms with Gasteiger partial charge in [0, 0.05) is 18.3 Å². The Kier molecular flexibility index (Phi) is 6.04. The molecule has 0 saturated heterocycles. The van der Waals surface area contributed by atoms with Gasteiger partial charge in [0.1, 0.15) is 6.10 Å². The molecule has 2 aliphatic rings. The summed E-state index contributed by atoms with van der Waals surface area (Å²) < 4.78 is 6.69. The molecule has 2 aliphatic carbocycles. The van der Waals surface area contributed by atoms with Crippen LogP contribution in [0.5, 0.6) is 0 Å². The molecule has 28 heavy (non-hydrogen) atoms. The number of benzene rings is 1. The average molecular weight is 378 g/mol. The monoisotopic (exact) mass is 377 g/mol. The molecule has 0 spiro atoms. The van der Waals surface area contributed by atoms with Crippen LogP contribution in [0.25, 0.3) is 0 Å². The zero-order chi connectivity index (χ0) is 20.4. The Morgan fingerprint density at radius 2 is 1.79 bits per heavy atom. The summed E-state index contributed by atoms with van der Waals surface area (Å²) in [5.74, 6) is 2.43. The lowest BCUT2D eigenvalue weighted by Gasteiger charge is -2.45. The van der Waals surface area contributed by atoms with Gasteiger partial charge in [-0.15, -0.1) is 0 Å². The summed E-state index contributed by atoms with van der Waals surface area (Å²) in [6.45, 7) is 11.1. The molecule has 3 rings (SSSR count). The highest BCUT2D eigenvalue weighted by molar-refractivity contribution is 5.26. The molecule has 1 aromatic carbocycles. The molecule has 150 valence electrons. The van der Waals surface area contributed by atoms with Gasteiger partial charge >= 0.3 is 0 Å². The van der Waals surface area contributed by atoms with Gasteiger partial charge in [0.25, 0.3) is 0 Å². The van der Waals surface area contributed by atoms with Gasteiger partial charge in [0.2, 0.25) is 0 Å². The minimum atomic E-state index is -0.373. The van der Waals surface area contributed by atoms with Gasteiger partial charge in [-0.25, -0.2) is 0 Å². The number of nitriles is 1. The lowest BCUT2D eigenvalue weighted by Crippen LogP contribution is -2.42. The largest absolute Gasteiger partial charge is 0.494 e. The maximum Gasteiger partial charge on any atom is 0.102 e. The minimum absolute atomic E-state index is 0.0719. The van der Waals surface area contributed by atoms with E-state index in [1.807, 2.05) is 13.8 Å². The van der Waals surface area contributed by atoms with E-state index in [2.05, 4.69) is 75.4 Å². The highest BCUT2D eigenvalue weighted by Gasteiger charge is 2.42. The van der Waals surface area contributed by atoms with E-state index in [0.29, 0.717) is 11.8 Å². The lowest BCUT2D eigenvalue weighted by molar-refractivity contribution is -0.0171. The highest BCUT2D eigenvalue weighted by atomic mass is 16.5. The number of hydrogen-bond donors (Lipinski definition) is 0. The Hall–Kier alpha value is -2.01. The van der Waals surface area contributed by atoms with Crippen molar-refractivity contribution in [3.63, 3.8) is 0 Å². The number of hydrogen-bond acceptors (Lipinski definition) is 2. The fraction of sp³-hybridized carbons (Fsp3) is 0.577. The Bertz CT molecular complexity index is 765. The van der Waals surface area contributed by atoms with Gasteiger partial charge in [-0.05, 0) is 49.7 Å². The molecule has 0 unspecified atom stereocenters. The number of rotatable bonds is 5. The van der Waals surface area contributed by atoms with Crippen molar-refractivity contribution in [3.8, 4) is 6.07 Å². The topological polar surface area (TPSA) is 33.0 Å². The van der Waals surface area contributed by atoms with Crippen molar-refractivity contribution in [1.82, 2.24) is 0 Å². The van der Waals surface area contributed by atoms with Crippen LogP contribution >= 0.6 is 0 Å². The molecule has 0 bridgehead atoms. The Morgan fingerprint density at radius 3 is 2.46 bits per heavy atom. The lowest BCUT2D eigenvalue weighted by atomic mass is 9.64. The van der Waals surface area contributed by atoms with Crippen LogP contribution in [0.3, 0.4) is 0 Å². The summed E-state index contributed by atoms with van der Waals surface area (Å²) in [6, 6.07) is 13.3. The average Bonchev–Trinajstić information content (AvgIpc) is 2.69. The normalized spacial score (nSPS) is 28.4. The fourth-order valence-corrected chi connectivity index (χ4v) is 4.88. The molecule has 0 amide bonds. The van der Waals surface area contributed by atoms with Crippen molar-refractivity contribution in [2.24, 2.45) is 23.2 Å². The van der Waals surface area contributed by atoms with Crippen LogP contribution in [0.1, 0.15) is 65.9 Å². The van der Waals surface area contributed by atoms with Crippen molar-refractivity contribution < 1.29 is 4.74 Å². The van der Waals surface area contributed by atoms with Gasteiger partial charge in [-0.3, -0.25) is 0 Å². The van der Waals surface area contributed by atoms with Crippen molar-refractivity contribution in [3.05, 3.63) is 59.9 Å². The number of nitrogens with zero attached hydrogens (tertiary/aromatic N) is 1. The third kappa shape index (κ3) is 4.35. The van der Waals surface area contributed by atoms with Crippen LogP contribution in [-0.2, 0) is 10.2 Å². The first-order valence-corrected chi connectivity index (χ1v) is 10.7. The summed E-state index contributed by atoms with van der Waals surface area (Å²) in [7, 11) is 0. The van der Waals surface area contributed by atoms with E-state index in [0.717, 1.165) is 18.6 Å². The molecule has 1 fully saturated rings. The molecular weight excluding hydrogens is 342 g/mol. The molecule has 0 N–H and O–H groups in total. The van der Waals surface area contributed by atoms with Crippen LogP contribution in [0.2, 0.25) is 0 Å². The Balaban J connectivity index is 1.79. The van der Waals surface area contributed by atoms with Gasteiger partial charge < -0.3 is 4.74 Å². The molecule has 0 aliphatic heterocycles. The van der Waals surface area contributed by atoms with Gasteiger partial charge in [0.15, 0.2) is 0 Å². The third-order valence-electron chi connectivity index (χ3n) is 7.06. The highest BCUT2D eigenvalue weighted by Crippen LogP contribution is 2.45. The van der Waals surface area contributed by atoms with Crippen LogP contribution in [0, 0.1) is 34.5 Å². The van der Waals surface area contributed by atoms with Gasteiger partial charge in [-0.2, -0.15) is 5.26 Å². The molecule has 1 saturated carbocycles. The van der Waals surface area contributed by atoms with Crippen LogP contribution < -0.4 is 0 Å². The van der Waals surface area contributed by atoms with Crippen molar-refractivity contribution in [2.45, 2.75) is 71.8 Å². The van der Waals surface area contributed by atoms with E-state index < -0.39 is 0 Å². The zero-order valence-electron chi connectivity index (χ0n) is 18.1. The van der Waals surface area contributed by atoms with Crippen molar-refractivity contribution >= 4 is 0 Å². The standard InChI is InChI=1S/C26H35NO/c1-19-14-15-23(26(4,5)20-10-7-6-8-11-20)24(16-19)28-22-13-9-12-21(17-22)25(2,3)18-27/h6-13,19,21,23-24H,14-17H2,1-5H3/t19-,21-,23-,24-/m1/s1.